The first-order chi connectivity index (χ1) is 8.95. The van der Waals surface area contributed by atoms with Crippen LogP contribution in [-0.4, -0.2) is 6.54 Å². The maximum atomic E-state index is 3.67. The Bertz CT molecular complexity index is 563. The van der Waals surface area contributed by atoms with Crippen molar-refractivity contribution < 1.29 is 0 Å². The summed E-state index contributed by atoms with van der Waals surface area (Å²) < 4.78 is 0. The van der Waals surface area contributed by atoms with Crippen LogP contribution in [0, 0.1) is 12.3 Å². The molecule has 102 valence electrons. The van der Waals surface area contributed by atoms with E-state index in [4.69, 9.17) is 0 Å². The Morgan fingerprint density at radius 1 is 1.05 bits per heavy atom. The van der Waals surface area contributed by atoms with Gasteiger partial charge in [0, 0.05) is 6.04 Å². The van der Waals surface area contributed by atoms with Gasteiger partial charge in [-0.15, -0.1) is 0 Å². The molecule has 1 N–H and O–H groups in total. The smallest absolute Gasteiger partial charge is 0.0377 e. The molecule has 0 aliphatic rings. The van der Waals surface area contributed by atoms with Gasteiger partial charge in [0.05, 0.1) is 0 Å². The summed E-state index contributed by atoms with van der Waals surface area (Å²) >= 11 is 0. The molecule has 0 aliphatic heterocycles. The van der Waals surface area contributed by atoms with Crippen molar-refractivity contribution in [1.29, 1.82) is 0 Å². The molecule has 1 unspecified atom stereocenters. The summed E-state index contributed by atoms with van der Waals surface area (Å²) in [6, 6.07) is 13.5. The van der Waals surface area contributed by atoms with E-state index >= 15 is 0 Å². The second-order valence-electron chi connectivity index (χ2n) is 6.37. The Morgan fingerprint density at radius 3 is 2.37 bits per heavy atom. The fraction of sp³-hybridized carbons (Fsp3) is 0.444. The van der Waals surface area contributed by atoms with Gasteiger partial charge in [0.25, 0.3) is 0 Å². The van der Waals surface area contributed by atoms with Crippen molar-refractivity contribution in [1.82, 2.24) is 5.32 Å². The lowest BCUT2D eigenvalue weighted by molar-refractivity contribution is 0.277. The lowest BCUT2D eigenvalue weighted by Gasteiger charge is -2.34. The van der Waals surface area contributed by atoms with Crippen LogP contribution in [0.2, 0.25) is 0 Å². The molecule has 0 aliphatic carbocycles. The van der Waals surface area contributed by atoms with E-state index in [1.807, 2.05) is 0 Å². The van der Waals surface area contributed by atoms with E-state index in [-0.39, 0.29) is 5.41 Å². The molecule has 1 heteroatoms. The highest BCUT2D eigenvalue weighted by Crippen LogP contribution is 2.38. The third-order valence-corrected chi connectivity index (χ3v) is 3.75. The number of aryl methyl sites for hydroxylation is 1. The van der Waals surface area contributed by atoms with Crippen LogP contribution >= 0.6 is 0 Å². The molecule has 0 aromatic heterocycles. The average Bonchev–Trinajstić information content (AvgIpc) is 2.35. The molecule has 2 rings (SSSR count). The highest BCUT2D eigenvalue weighted by Gasteiger charge is 2.27. The molecule has 2 aromatic carbocycles. The number of nitrogens with one attached hydrogen (secondary N) is 1. The highest BCUT2D eigenvalue weighted by atomic mass is 14.9. The monoisotopic (exact) mass is 255 g/mol. The SMILES string of the molecule is CCNC(c1c(C)ccc2ccccc12)C(C)(C)C. The minimum Gasteiger partial charge on any atom is -0.310 e. The van der Waals surface area contributed by atoms with Crippen molar-refractivity contribution in [2.24, 2.45) is 5.41 Å². The Kier molecular flexibility index (Phi) is 3.96. The van der Waals surface area contributed by atoms with Crippen LogP contribution in [0.4, 0.5) is 0 Å². The predicted octanol–water partition coefficient (Wildman–Crippen LogP) is 4.84. The normalized spacial score (nSPS) is 13.7. The topological polar surface area (TPSA) is 12.0 Å². The molecule has 0 amide bonds. The van der Waals surface area contributed by atoms with Gasteiger partial charge in [-0.1, -0.05) is 64.1 Å². The minimum absolute atomic E-state index is 0.199. The van der Waals surface area contributed by atoms with Crippen LogP contribution in [0.15, 0.2) is 36.4 Å². The Morgan fingerprint density at radius 2 is 1.74 bits per heavy atom. The van der Waals surface area contributed by atoms with Crippen molar-refractivity contribution in [3.8, 4) is 0 Å². The van der Waals surface area contributed by atoms with Gasteiger partial charge in [-0.2, -0.15) is 0 Å². The summed E-state index contributed by atoms with van der Waals surface area (Å²) in [7, 11) is 0. The van der Waals surface area contributed by atoms with Crippen molar-refractivity contribution in [3.05, 3.63) is 47.5 Å². The second kappa shape index (κ2) is 5.34. The fourth-order valence-electron chi connectivity index (χ4n) is 2.83. The maximum absolute atomic E-state index is 3.67. The molecule has 1 nitrogen and oxygen atoms in total. The Balaban J connectivity index is 2.67. The molecule has 2 aromatic rings. The minimum atomic E-state index is 0.199. The second-order valence-corrected chi connectivity index (χ2v) is 6.37. The lowest BCUT2D eigenvalue weighted by atomic mass is 9.79. The molecule has 0 saturated carbocycles. The van der Waals surface area contributed by atoms with E-state index in [1.165, 1.54) is 21.9 Å². The Labute approximate surface area is 117 Å². The first kappa shape index (κ1) is 14.1. The summed E-state index contributed by atoms with van der Waals surface area (Å²) in [4.78, 5) is 0. The molecule has 0 heterocycles. The predicted molar refractivity (Wildman–Crippen MR) is 84.6 cm³/mol. The molecular formula is C18H25N. The number of hydrogen-bond acceptors (Lipinski definition) is 1. The lowest BCUT2D eigenvalue weighted by Crippen LogP contribution is -2.32. The van der Waals surface area contributed by atoms with Crippen LogP contribution in [0.25, 0.3) is 10.8 Å². The molecule has 0 spiro atoms. The zero-order valence-electron chi connectivity index (χ0n) is 12.7. The molecular weight excluding hydrogens is 230 g/mol. The van der Waals surface area contributed by atoms with Gasteiger partial charge in [-0.3, -0.25) is 0 Å². The van der Waals surface area contributed by atoms with Crippen LogP contribution in [0.1, 0.15) is 44.9 Å². The van der Waals surface area contributed by atoms with E-state index in [0.29, 0.717) is 6.04 Å². The van der Waals surface area contributed by atoms with Crippen molar-refractivity contribution in [2.75, 3.05) is 6.54 Å². The Hall–Kier alpha value is -1.34. The largest absolute Gasteiger partial charge is 0.310 e. The third-order valence-electron chi connectivity index (χ3n) is 3.75. The molecule has 0 saturated heterocycles. The van der Waals surface area contributed by atoms with E-state index in [1.54, 1.807) is 0 Å². The summed E-state index contributed by atoms with van der Waals surface area (Å²) in [5, 5.41) is 6.38. The molecule has 1 atom stereocenters. The van der Waals surface area contributed by atoms with Crippen molar-refractivity contribution >= 4 is 10.8 Å². The number of fused-ring (bicyclic) bond motifs is 1. The van der Waals surface area contributed by atoms with E-state index in [9.17, 15) is 0 Å². The zero-order valence-corrected chi connectivity index (χ0v) is 12.7. The third kappa shape index (κ3) is 2.82. The molecule has 0 radical (unpaired) electrons. The highest BCUT2D eigenvalue weighted by molar-refractivity contribution is 5.87. The van der Waals surface area contributed by atoms with Gasteiger partial charge in [0.2, 0.25) is 0 Å². The van der Waals surface area contributed by atoms with E-state index in [2.05, 4.69) is 76.3 Å². The first-order valence-corrected chi connectivity index (χ1v) is 7.16. The first-order valence-electron chi connectivity index (χ1n) is 7.16. The van der Waals surface area contributed by atoms with Gasteiger partial charge >= 0.3 is 0 Å². The van der Waals surface area contributed by atoms with Crippen molar-refractivity contribution in [2.45, 2.75) is 40.7 Å². The quantitative estimate of drug-likeness (QED) is 0.827. The van der Waals surface area contributed by atoms with Gasteiger partial charge < -0.3 is 5.32 Å². The zero-order chi connectivity index (χ0) is 14.0. The van der Waals surface area contributed by atoms with Crippen molar-refractivity contribution in [3.63, 3.8) is 0 Å². The summed E-state index contributed by atoms with van der Waals surface area (Å²) in [5.74, 6) is 0. The number of rotatable bonds is 3. The molecule has 19 heavy (non-hydrogen) atoms. The van der Waals surface area contributed by atoms with Crippen LogP contribution in [0.3, 0.4) is 0 Å². The van der Waals surface area contributed by atoms with Gasteiger partial charge in [0.1, 0.15) is 0 Å². The van der Waals surface area contributed by atoms with E-state index < -0.39 is 0 Å². The van der Waals surface area contributed by atoms with E-state index in [0.717, 1.165) is 6.54 Å². The summed E-state index contributed by atoms with van der Waals surface area (Å²) in [6.07, 6.45) is 0. The van der Waals surface area contributed by atoms with Crippen LogP contribution in [0.5, 0.6) is 0 Å². The number of hydrogen-bond donors (Lipinski definition) is 1. The standard InChI is InChI=1S/C18H25N/c1-6-19-17(18(3,4)5)16-13(2)11-12-14-9-7-8-10-15(14)16/h7-12,17,19H,6H2,1-5H3. The fourth-order valence-corrected chi connectivity index (χ4v) is 2.83. The van der Waals surface area contributed by atoms with Crippen LogP contribution in [-0.2, 0) is 0 Å². The maximum Gasteiger partial charge on any atom is 0.0377 e. The number of benzene rings is 2. The molecule has 0 bridgehead atoms. The summed E-state index contributed by atoms with van der Waals surface area (Å²) in [5.41, 5.74) is 3.03. The van der Waals surface area contributed by atoms with Gasteiger partial charge in [-0.05, 0) is 40.8 Å². The summed E-state index contributed by atoms with van der Waals surface area (Å²) in [6.45, 7) is 12.3. The average molecular weight is 255 g/mol. The molecule has 0 fully saturated rings. The van der Waals surface area contributed by atoms with Gasteiger partial charge in [-0.25, -0.2) is 0 Å². The van der Waals surface area contributed by atoms with Crippen LogP contribution < -0.4 is 5.32 Å². The van der Waals surface area contributed by atoms with Gasteiger partial charge in [0.15, 0.2) is 0 Å².